The SMILES string of the molecule is [In].[In].[O]=[Sn].[O]=[Sn]. The Morgan fingerprint density at radius 2 is 0.667 bits per heavy atom. The van der Waals surface area contributed by atoms with Gasteiger partial charge in [-0.3, -0.25) is 0 Å². The van der Waals surface area contributed by atoms with Gasteiger partial charge in [0.15, 0.2) is 0 Å². The van der Waals surface area contributed by atoms with Crippen LogP contribution in [0.25, 0.3) is 0 Å². The molecule has 0 aromatic heterocycles. The molecule has 2 nitrogen and oxygen atoms in total. The second-order valence-electron chi connectivity index (χ2n) is 0. The predicted octanol–water partition coefficient (Wildman–Crippen LogP) is -1.76. The number of rotatable bonds is 0. The Hall–Kier alpha value is 2.94. The standard InChI is InChI=1S/2In.2O.2Sn. The summed E-state index contributed by atoms with van der Waals surface area (Å²) in [4.78, 5) is 0. The summed E-state index contributed by atoms with van der Waals surface area (Å²) in [6, 6.07) is 0. The van der Waals surface area contributed by atoms with Gasteiger partial charge in [0.1, 0.15) is 0 Å². The summed E-state index contributed by atoms with van der Waals surface area (Å²) >= 11 is 0.600. The molecule has 0 amide bonds. The first kappa shape index (κ1) is 23.1. The molecule has 0 rings (SSSR count). The van der Waals surface area contributed by atoms with E-state index < -0.39 is 0 Å². The van der Waals surface area contributed by atoms with Gasteiger partial charge in [-0.1, -0.05) is 0 Å². The van der Waals surface area contributed by atoms with Crippen molar-refractivity contribution in [2.24, 2.45) is 0 Å². The van der Waals surface area contributed by atoms with Gasteiger partial charge in [0.25, 0.3) is 0 Å². The van der Waals surface area contributed by atoms with Crippen LogP contribution in [0.3, 0.4) is 0 Å². The van der Waals surface area contributed by atoms with Crippen LogP contribution in [-0.4, -0.2) is 96.7 Å². The second kappa shape index (κ2) is 44.3. The monoisotopic (exact) mass is 502 g/mol. The van der Waals surface area contributed by atoms with E-state index in [2.05, 4.69) is 0 Å². The van der Waals surface area contributed by atoms with E-state index in [1.54, 1.807) is 0 Å². The van der Waals surface area contributed by atoms with Crippen LogP contribution in [0.4, 0.5) is 0 Å². The van der Waals surface area contributed by atoms with Gasteiger partial charge in [-0.15, -0.1) is 0 Å². The third-order valence-electron chi connectivity index (χ3n) is 0. The molecule has 0 aliphatic rings. The Kier molecular flexibility index (Phi) is 170. The molecule has 0 spiro atoms. The van der Waals surface area contributed by atoms with Gasteiger partial charge in [0.2, 0.25) is 0 Å². The Bertz CT molecular complexity index is 11.5. The van der Waals surface area contributed by atoms with Crippen molar-refractivity contribution in [1.82, 2.24) is 0 Å². The van der Waals surface area contributed by atoms with Crippen molar-refractivity contribution in [3.05, 3.63) is 0 Å². The molecule has 0 aliphatic heterocycles. The molecule has 0 saturated carbocycles. The van der Waals surface area contributed by atoms with Gasteiger partial charge >= 0.3 is 51.2 Å². The zero-order valence-electron chi connectivity index (χ0n) is 2.97. The molecule has 0 saturated heterocycles. The quantitative estimate of drug-likeness (QED) is 0.371. The summed E-state index contributed by atoms with van der Waals surface area (Å²) in [7, 11) is 0. The summed E-state index contributed by atoms with van der Waals surface area (Å²) in [5.41, 5.74) is 0. The maximum atomic E-state index is 8.34. The fourth-order valence-electron chi connectivity index (χ4n) is 0. The van der Waals surface area contributed by atoms with Crippen LogP contribution in [-0.2, 0) is 6.15 Å². The van der Waals surface area contributed by atoms with Gasteiger partial charge in [-0.2, -0.15) is 0 Å². The van der Waals surface area contributed by atoms with E-state index in [9.17, 15) is 0 Å². The molecule has 0 aliphatic carbocycles. The van der Waals surface area contributed by atoms with Crippen molar-refractivity contribution in [2.75, 3.05) is 0 Å². The van der Waals surface area contributed by atoms with Crippen molar-refractivity contribution >= 4 is 96.7 Å². The van der Waals surface area contributed by atoms with Crippen LogP contribution in [0.1, 0.15) is 0 Å². The van der Waals surface area contributed by atoms with Crippen molar-refractivity contribution in [1.29, 1.82) is 0 Å². The Labute approximate surface area is 101 Å². The maximum absolute atomic E-state index is 8.34. The van der Waals surface area contributed by atoms with Crippen molar-refractivity contribution in [2.45, 2.75) is 0 Å². The third-order valence-corrected chi connectivity index (χ3v) is 0. The first-order valence-electron chi connectivity index (χ1n) is 0.408. The van der Waals surface area contributed by atoms with E-state index in [4.69, 9.17) is 6.15 Å². The minimum atomic E-state index is 0. The average Bonchev–Trinajstić information content (AvgIpc) is 1.50. The molecule has 6 heteroatoms. The van der Waals surface area contributed by atoms with E-state index in [0.717, 1.165) is 0 Å². The fraction of sp³-hybridized carbons (Fsp3) is 0. The molecule has 6 heavy (non-hydrogen) atoms. The topological polar surface area (TPSA) is 34.1 Å². The second-order valence-corrected chi connectivity index (χ2v) is 0. The molecule has 0 atom stereocenters. The third kappa shape index (κ3) is 28.3. The molecule has 0 heterocycles. The molecular formula is In2O2Sn2. The Morgan fingerprint density at radius 1 is 0.667 bits per heavy atom. The summed E-state index contributed by atoms with van der Waals surface area (Å²) in [6.45, 7) is 0. The van der Waals surface area contributed by atoms with Crippen molar-refractivity contribution < 1.29 is 6.15 Å². The summed E-state index contributed by atoms with van der Waals surface area (Å²) in [5, 5.41) is 0. The summed E-state index contributed by atoms with van der Waals surface area (Å²) < 4.78 is 16.7. The van der Waals surface area contributed by atoms with E-state index in [0.29, 0.717) is 45.0 Å². The van der Waals surface area contributed by atoms with Crippen molar-refractivity contribution in [3.8, 4) is 0 Å². The molecular weight excluding hydrogens is 499 g/mol. The molecule has 0 bridgehead atoms. The molecule has 10 radical (unpaired) electrons. The van der Waals surface area contributed by atoms with Crippen molar-refractivity contribution in [3.63, 3.8) is 0 Å². The van der Waals surface area contributed by atoms with Gasteiger partial charge in [0, 0.05) is 51.7 Å². The van der Waals surface area contributed by atoms with Gasteiger partial charge in [0.05, 0.1) is 0 Å². The molecule has 0 fully saturated rings. The molecule has 26 valence electrons. The fourth-order valence-corrected chi connectivity index (χ4v) is 0. The van der Waals surface area contributed by atoms with E-state index >= 15 is 0 Å². The molecule has 0 unspecified atom stereocenters. The van der Waals surface area contributed by atoms with Gasteiger partial charge in [-0.25, -0.2) is 0 Å². The normalized spacial score (nSPS) is 1.33. The molecule has 0 aromatic rings. The van der Waals surface area contributed by atoms with Crippen LogP contribution in [0.5, 0.6) is 0 Å². The van der Waals surface area contributed by atoms with Crippen LogP contribution in [0.2, 0.25) is 0 Å². The van der Waals surface area contributed by atoms with E-state index in [1.165, 1.54) is 0 Å². The Morgan fingerprint density at radius 3 is 0.667 bits per heavy atom. The van der Waals surface area contributed by atoms with Gasteiger partial charge < -0.3 is 0 Å². The van der Waals surface area contributed by atoms with Crippen LogP contribution >= 0.6 is 0 Å². The van der Waals surface area contributed by atoms with Crippen LogP contribution in [0, 0.1) is 0 Å². The zero-order valence-corrected chi connectivity index (χ0v) is 15.3. The zero-order chi connectivity index (χ0) is 4.00. The average molecular weight is 499 g/mol. The Balaban J connectivity index is -0.00000000500. The molecule has 0 N–H and O–H groups in total. The molecule has 0 aromatic carbocycles. The van der Waals surface area contributed by atoms with E-state index in [1.807, 2.05) is 0 Å². The first-order chi connectivity index (χ1) is 2.00. The minimum absolute atomic E-state index is 0. The number of hydrogen-bond donors (Lipinski definition) is 0. The first-order valence-corrected chi connectivity index (χ1v) is 2.74. The van der Waals surface area contributed by atoms with E-state index in [-0.39, 0.29) is 51.7 Å². The predicted molar refractivity (Wildman–Crippen MR) is 24.4 cm³/mol. The van der Waals surface area contributed by atoms with Crippen LogP contribution < -0.4 is 0 Å². The summed E-state index contributed by atoms with van der Waals surface area (Å²) in [5.74, 6) is 0. The van der Waals surface area contributed by atoms with Crippen LogP contribution in [0.15, 0.2) is 0 Å². The summed E-state index contributed by atoms with van der Waals surface area (Å²) in [6.07, 6.45) is 0. The number of hydrogen-bond acceptors (Lipinski definition) is 2. The van der Waals surface area contributed by atoms with Gasteiger partial charge in [-0.05, 0) is 0 Å².